The second-order valence-electron chi connectivity index (χ2n) is 6.13. The summed E-state index contributed by atoms with van der Waals surface area (Å²) in [6.07, 6.45) is 0.761. The van der Waals surface area contributed by atoms with Crippen molar-refractivity contribution in [1.29, 1.82) is 0 Å². The fraction of sp³-hybridized carbons (Fsp3) is 0.250. The fourth-order valence-corrected chi connectivity index (χ4v) is 2.71. The Bertz CT molecular complexity index is 819. The van der Waals surface area contributed by atoms with Gasteiger partial charge >= 0.3 is 0 Å². The van der Waals surface area contributed by atoms with Gasteiger partial charge in [-0.05, 0) is 36.2 Å². The Hall–Kier alpha value is -3.35. The topological polar surface area (TPSA) is 91.8 Å². The zero-order chi connectivity index (χ0) is 19.1. The molecular weight excluding hydrogens is 344 g/mol. The normalized spacial score (nSPS) is 16.1. The van der Waals surface area contributed by atoms with Crippen LogP contribution in [0.3, 0.4) is 0 Å². The van der Waals surface area contributed by atoms with Gasteiger partial charge in [0, 0.05) is 12.2 Å². The van der Waals surface area contributed by atoms with Gasteiger partial charge in [-0.25, -0.2) is 4.99 Å². The lowest BCUT2D eigenvalue weighted by atomic mass is 10.1. The minimum atomic E-state index is -0.740. The van der Waals surface area contributed by atoms with E-state index in [1.807, 2.05) is 30.3 Å². The molecule has 3 N–H and O–H groups in total. The number of rotatable bonds is 6. The van der Waals surface area contributed by atoms with Gasteiger partial charge in [0.2, 0.25) is 17.8 Å². The first-order chi connectivity index (χ1) is 13.1. The first kappa shape index (κ1) is 18.4. The minimum absolute atomic E-state index is 0.0327. The van der Waals surface area contributed by atoms with E-state index >= 15 is 0 Å². The summed E-state index contributed by atoms with van der Waals surface area (Å²) in [5, 5.41) is 8.51. The molecule has 1 atom stereocenters. The molecule has 1 aliphatic heterocycles. The highest BCUT2D eigenvalue weighted by Gasteiger charge is 2.26. The lowest BCUT2D eigenvalue weighted by Crippen LogP contribution is -2.47. The van der Waals surface area contributed by atoms with Crippen LogP contribution < -0.4 is 20.7 Å². The minimum Gasteiger partial charge on any atom is -0.497 e. The average Bonchev–Trinajstić information content (AvgIpc) is 2.69. The molecule has 2 amide bonds. The number of carbonyl (C=O) groups excluding carboxylic acids is 2. The quantitative estimate of drug-likeness (QED) is 0.726. The molecule has 7 heteroatoms. The molecule has 0 fully saturated rings. The van der Waals surface area contributed by atoms with Gasteiger partial charge in [0.1, 0.15) is 11.8 Å². The third-order valence-electron chi connectivity index (χ3n) is 4.13. The van der Waals surface area contributed by atoms with Crippen molar-refractivity contribution in [3.63, 3.8) is 0 Å². The molecule has 0 radical (unpaired) electrons. The number of guanidine groups is 1. The van der Waals surface area contributed by atoms with Gasteiger partial charge in [-0.15, -0.1) is 0 Å². The highest BCUT2D eigenvalue weighted by Crippen LogP contribution is 2.15. The zero-order valence-electron chi connectivity index (χ0n) is 15.1. The molecule has 1 heterocycles. The zero-order valence-corrected chi connectivity index (χ0v) is 15.1. The van der Waals surface area contributed by atoms with Crippen LogP contribution in [0.25, 0.3) is 0 Å². The first-order valence-electron chi connectivity index (χ1n) is 8.74. The smallest absolute Gasteiger partial charge is 0.245 e. The Labute approximate surface area is 157 Å². The first-order valence-corrected chi connectivity index (χ1v) is 8.74. The van der Waals surface area contributed by atoms with Gasteiger partial charge < -0.3 is 15.4 Å². The summed E-state index contributed by atoms with van der Waals surface area (Å²) in [5.41, 5.74) is 1.88. The van der Waals surface area contributed by atoms with Gasteiger partial charge in [-0.1, -0.05) is 30.3 Å². The number of methoxy groups -OCH3 is 1. The summed E-state index contributed by atoms with van der Waals surface area (Å²) in [6, 6.07) is 16.3. The summed E-state index contributed by atoms with van der Waals surface area (Å²) in [7, 11) is 1.59. The molecule has 1 aliphatic rings. The summed E-state index contributed by atoms with van der Waals surface area (Å²) in [4.78, 5) is 28.6. The highest BCUT2D eigenvalue weighted by molar-refractivity contribution is 6.08. The van der Waals surface area contributed by atoms with E-state index in [-0.39, 0.29) is 24.2 Å². The van der Waals surface area contributed by atoms with Crippen molar-refractivity contribution in [2.24, 2.45) is 4.99 Å². The van der Waals surface area contributed by atoms with Crippen LogP contribution in [-0.2, 0) is 16.0 Å². The number of nitrogens with one attached hydrogen (secondary N) is 3. The van der Waals surface area contributed by atoms with Crippen LogP contribution in [0.1, 0.15) is 12.0 Å². The van der Waals surface area contributed by atoms with E-state index in [4.69, 9.17) is 4.74 Å². The maximum absolute atomic E-state index is 12.4. The van der Waals surface area contributed by atoms with Gasteiger partial charge in [0.15, 0.2) is 0 Å². The molecule has 0 spiro atoms. The summed E-state index contributed by atoms with van der Waals surface area (Å²) < 4.78 is 5.11. The Morgan fingerprint density at radius 3 is 2.63 bits per heavy atom. The molecule has 0 saturated carbocycles. The number of benzene rings is 2. The van der Waals surface area contributed by atoms with Crippen molar-refractivity contribution in [1.82, 2.24) is 10.6 Å². The van der Waals surface area contributed by atoms with Crippen LogP contribution in [-0.4, -0.2) is 37.5 Å². The van der Waals surface area contributed by atoms with E-state index in [0.29, 0.717) is 6.54 Å². The molecule has 27 heavy (non-hydrogen) atoms. The second-order valence-corrected chi connectivity index (χ2v) is 6.13. The van der Waals surface area contributed by atoms with E-state index < -0.39 is 6.04 Å². The van der Waals surface area contributed by atoms with Crippen molar-refractivity contribution in [3.8, 4) is 5.75 Å². The molecule has 2 aromatic rings. The molecule has 0 aromatic heterocycles. The average molecular weight is 366 g/mol. The van der Waals surface area contributed by atoms with E-state index in [1.54, 1.807) is 31.4 Å². The molecular formula is C20H22N4O3. The highest BCUT2D eigenvalue weighted by atomic mass is 16.5. The van der Waals surface area contributed by atoms with Gasteiger partial charge in [0.25, 0.3) is 0 Å². The van der Waals surface area contributed by atoms with Crippen LogP contribution in [0, 0.1) is 0 Å². The molecule has 2 aromatic carbocycles. The number of aliphatic imine (C=N–C) groups is 1. The van der Waals surface area contributed by atoms with Crippen LogP contribution in [0.2, 0.25) is 0 Å². The summed E-state index contributed by atoms with van der Waals surface area (Å²) >= 11 is 0. The third-order valence-corrected chi connectivity index (χ3v) is 4.13. The Morgan fingerprint density at radius 2 is 1.93 bits per heavy atom. The monoisotopic (exact) mass is 366 g/mol. The number of amides is 2. The number of hydrogen-bond acceptors (Lipinski definition) is 5. The molecule has 7 nitrogen and oxygen atoms in total. The van der Waals surface area contributed by atoms with Crippen molar-refractivity contribution in [2.75, 3.05) is 19.0 Å². The van der Waals surface area contributed by atoms with Gasteiger partial charge in [-0.2, -0.15) is 0 Å². The maximum Gasteiger partial charge on any atom is 0.245 e. The molecule has 0 aliphatic carbocycles. The van der Waals surface area contributed by atoms with Crippen molar-refractivity contribution in [3.05, 3.63) is 60.2 Å². The van der Waals surface area contributed by atoms with Crippen molar-refractivity contribution in [2.45, 2.75) is 18.9 Å². The third kappa shape index (κ3) is 5.31. The molecule has 0 unspecified atom stereocenters. The van der Waals surface area contributed by atoms with E-state index in [0.717, 1.165) is 23.4 Å². The number of anilines is 1. The van der Waals surface area contributed by atoms with Crippen LogP contribution in [0.15, 0.2) is 59.6 Å². The predicted molar refractivity (Wildman–Crippen MR) is 104 cm³/mol. The van der Waals surface area contributed by atoms with Crippen LogP contribution in [0.4, 0.5) is 5.69 Å². The predicted octanol–water partition coefficient (Wildman–Crippen LogP) is 1.71. The molecule has 0 saturated heterocycles. The van der Waals surface area contributed by atoms with E-state index in [9.17, 15) is 9.59 Å². The lowest BCUT2D eigenvalue weighted by Gasteiger charge is -2.21. The Morgan fingerprint density at radius 1 is 1.19 bits per heavy atom. The largest absolute Gasteiger partial charge is 0.497 e. The molecule has 3 rings (SSSR count). The number of ether oxygens (including phenoxy) is 1. The SMILES string of the molecule is COc1ccc(NC2=N[C@@H](C(=O)NCCc3ccccc3)CC(=O)N2)cc1. The molecule has 140 valence electrons. The summed E-state index contributed by atoms with van der Waals surface area (Å²) in [6.45, 7) is 0.498. The fourth-order valence-electron chi connectivity index (χ4n) is 2.71. The maximum atomic E-state index is 12.4. The Balaban J connectivity index is 1.57. The van der Waals surface area contributed by atoms with Crippen LogP contribution in [0.5, 0.6) is 5.75 Å². The lowest BCUT2D eigenvalue weighted by molar-refractivity contribution is -0.127. The van der Waals surface area contributed by atoms with Gasteiger partial charge in [0.05, 0.1) is 13.5 Å². The number of carbonyl (C=O) groups is 2. The van der Waals surface area contributed by atoms with Crippen molar-refractivity contribution < 1.29 is 14.3 Å². The second kappa shape index (κ2) is 8.84. The van der Waals surface area contributed by atoms with Gasteiger partial charge in [-0.3, -0.25) is 14.9 Å². The molecule has 0 bridgehead atoms. The van der Waals surface area contributed by atoms with Crippen LogP contribution >= 0.6 is 0 Å². The van der Waals surface area contributed by atoms with Crippen molar-refractivity contribution >= 4 is 23.5 Å². The number of nitrogens with zero attached hydrogens (tertiary/aromatic N) is 1. The Kier molecular flexibility index (Phi) is 6.04. The standard InChI is InChI=1S/C20H22N4O3/c1-27-16-9-7-15(8-10-16)22-20-23-17(13-18(25)24-20)19(26)21-12-11-14-5-3-2-4-6-14/h2-10,17H,11-13H2,1H3,(H,21,26)(H2,22,23,24,25)/t17-/m1/s1. The summed E-state index contributed by atoms with van der Waals surface area (Å²) in [5.74, 6) is 0.490. The number of hydrogen-bond donors (Lipinski definition) is 3. The van der Waals surface area contributed by atoms with E-state index in [1.165, 1.54) is 0 Å². The van der Waals surface area contributed by atoms with E-state index in [2.05, 4.69) is 20.9 Å².